The van der Waals surface area contributed by atoms with Gasteiger partial charge in [-0.05, 0) is 36.5 Å². The molecule has 0 aliphatic heterocycles. The first-order valence-corrected chi connectivity index (χ1v) is 9.02. The third-order valence-electron chi connectivity index (χ3n) is 4.41. The van der Waals surface area contributed by atoms with Gasteiger partial charge in [0.15, 0.2) is 5.52 Å². The molecule has 4 aromatic rings. The molecule has 0 saturated heterocycles. The van der Waals surface area contributed by atoms with Gasteiger partial charge in [-0.2, -0.15) is 0 Å². The average molecular weight is 351 g/mol. The predicted octanol–water partition coefficient (Wildman–Crippen LogP) is 4.09. The molecule has 0 aliphatic rings. The number of aromatic nitrogens is 1. The van der Waals surface area contributed by atoms with E-state index in [9.17, 15) is 10.2 Å². The smallest absolute Gasteiger partial charge is 0.340 e. The van der Waals surface area contributed by atoms with Gasteiger partial charge in [0.05, 0.1) is 11.3 Å². The Hall–Kier alpha value is -2.63. The first-order chi connectivity index (χ1) is 12.2. The molecule has 126 valence electrons. The third kappa shape index (κ3) is 2.62. The Morgan fingerprint density at radius 2 is 1.68 bits per heavy atom. The van der Waals surface area contributed by atoms with Crippen LogP contribution in [0.2, 0.25) is 0 Å². The maximum Gasteiger partial charge on any atom is 0.340 e. The van der Waals surface area contributed by atoms with Crippen molar-refractivity contribution in [2.24, 2.45) is 0 Å². The van der Waals surface area contributed by atoms with Crippen LogP contribution in [0, 0.1) is 6.92 Å². The molecule has 0 amide bonds. The minimum atomic E-state index is 0.0498. The fourth-order valence-corrected chi connectivity index (χ4v) is 4.42. The van der Waals surface area contributed by atoms with Gasteiger partial charge in [-0.1, -0.05) is 36.4 Å². The Kier molecular flexibility index (Phi) is 4.03. The molecule has 1 heterocycles. The summed E-state index contributed by atoms with van der Waals surface area (Å²) >= 11 is 1.60. The van der Waals surface area contributed by atoms with Crippen LogP contribution in [0.25, 0.3) is 21.0 Å². The Balaban J connectivity index is 2.03. The standard InChI is InChI=1S/C20H18N2O2S/c1-13-18(24)16-10-6-5-9-15(16)17-19(13)25-20(22(17)11-12-23)21-14-7-3-2-4-8-14/h2-10,23-24H,11-12H2,1H3/p+1. The van der Waals surface area contributed by atoms with Gasteiger partial charge in [0.1, 0.15) is 18.0 Å². The number of anilines is 2. The lowest BCUT2D eigenvalue weighted by Crippen LogP contribution is -2.36. The van der Waals surface area contributed by atoms with Crippen LogP contribution in [0.4, 0.5) is 10.8 Å². The number of para-hydroxylation sites is 1. The minimum absolute atomic E-state index is 0.0498. The summed E-state index contributed by atoms with van der Waals surface area (Å²) in [5, 5.41) is 26.4. The quantitative estimate of drug-likeness (QED) is 0.485. The number of phenolic OH excluding ortho intramolecular Hbond substituents is 1. The van der Waals surface area contributed by atoms with Gasteiger partial charge >= 0.3 is 5.13 Å². The Bertz CT molecular complexity index is 1060. The summed E-state index contributed by atoms with van der Waals surface area (Å²) in [5.41, 5.74) is 2.90. The first kappa shape index (κ1) is 15.9. The molecule has 4 rings (SSSR count). The van der Waals surface area contributed by atoms with Gasteiger partial charge in [-0.3, -0.25) is 0 Å². The molecule has 0 radical (unpaired) electrons. The molecule has 1 aromatic heterocycles. The molecular weight excluding hydrogens is 332 g/mol. The fourth-order valence-electron chi connectivity index (χ4n) is 3.20. The summed E-state index contributed by atoms with van der Waals surface area (Å²) in [6.07, 6.45) is 0. The van der Waals surface area contributed by atoms with Crippen molar-refractivity contribution in [1.82, 2.24) is 0 Å². The largest absolute Gasteiger partial charge is 0.507 e. The second-order valence-electron chi connectivity index (χ2n) is 5.97. The van der Waals surface area contributed by atoms with Crippen LogP contribution >= 0.6 is 11.3 Å². The van der Waals surface area contributed by atoms with Crippen molar-refractivity contribution >= 4 is 43.1 Å². The summed E-state index contributed by atoms with van der Waals surface area (Å²) in [4.78, 5) is 0. The molecule has 0 unspecified atom stereocenters. The van der Waals surface area contributed by atoms with Crippen molar-refractivity contribution in [2.75, 3.05) is 11.9 Å². The molecule has 0 atom stereocenters. The highest BCUT2D eigenvalue weighted by Crippen LogP contribution is 2.40. The molecular formula is C20H19N2O2S+. The van der Waals surface area contributed by atoms with Crippen LogP contribution in [0.5, 0.6) is 5.75 Å². The molecule has 0 spiro atoms. The van der Waals surface area contributed by atoms with Gasteiger partial charge in [0.2, 0.25) is 0 Å². The summed E-state index contributed by atoms with van der Waals surface area (Å²) in [6.45, 7) is 2.48. The predicted molar refractivity (Wildman–Crippen MR) is 103 cm³/mol. The summed E-state index contributed by atoms with van der Waals surface area (Å²) < 4.78 is 3.13. The van der Waals surface area contributed by atoms with E-state index in [1.54, 1.807) is 11.3 Å². The van der Waals surface area contributed by atoms with E-state index in [-0.39, 0.29) is 6.61 Å². The van der Waals surface area contributed by atoms with Crippen LogP contribution in [0.1, 0.15) is 5.56 Å². The molecule has 3 N–H and O–H groups in total. The number of phenols is 1. The van der Waals surface area contributed by atoms with Crippen molar-refractivity contribution in [3.8, 4) is 5.75 Å². The second-order valence-corrected chi connectivity index (χ2v) is 6.97. The van der Waals surface area contributed by atoms with Crippen molar-refractivity contribution in [2.45, 2.75) is 13.5 Å². The monoisotopic (exact) mass is 351 g/mol. The van der Waals surface area contributed by atoms with Crippen LogP contribution in [0.3, 0.4) is 0 Å². The van der Waals surface area contributed by atoms with Crippen molar-refractivity contribution in [1.29, 1.82) is 0 Å². The minimum Gasteiger partial charge on any atom is -0.507 e. The highest BCUT2D eigenvalue weighted by molar-refractivity contribution is 7.22. The maximum atomic E-state index is 10.6. The molecule has 5 heteroatoms. The van der Waals surface area contributed by atoms with Gasteiger partial charge in [0.25, 0.3) is 0 Å². The lowest BCUT2D eigenvalue weighted by molar-refractivity contribution is -0.654. The van der Waals surface area contributed by atoms with E-state index in [1.165, 1.54) is 0 Å². The summed E-state index contributed by atoms with van der Waals surface area (Å²) in [7, 11) is 0. The van der Waals surface area contributed by atoms with Gasteiger partial charge in [0, 0.05) is 16.3 Å². The highest BCUT2D eigenvalue weighted by Gasteiger charge is 2.24. The molecule has 0 bridgehead atoms. The number of benzene rings is 3. The van der Waals surface area contributed by atoms with Crippen LogP contribution in [-0.2, 0) is 6.54 Å². The zero-order chi connectivity index (χ0) is 17.4. The Labute approximate surface area is 149 Å². The summed E-state index contributed by atoms with van der Waals surface area (Å²) in [6, 6.07) is 17.8. The zero-order valence-corrected chi connectivity index (χ0v) is 14.7. The van der Waals surface area contributed by atoms with Crippen LogP contribution in [0.15, 0.2) is 54.6 Å². The van der Waals surface area contributed by atoms with E-state index in [1.807, 2.05) is 61.5 Å². The van der Waals surface area contributed by atoms with Crippen molar-refractivity contribution in [3.63, 3.8) is 0 Å². The van der Waals surface area contributed by atoms with Crippen molar-refractivity contribution < 1.29 is 14.8 Å². The van der Waals surface area contributed by atoms with E-state index in [2.05, 4.69) is 9.88 Å². The highest BCUT2D eigenvalue weighted by atomic mass is 32.1. The SMILES string of the molecule is Cc1c(O)c2ccccc2c2c1sc(Nc1ccccc1)[n+]2CCO. The van der Waals surface area contributed by atoms with Crippen LogP contribution < -0.4 is 9.88 Å². The zero-order valence-electron chi connectivity index (χ0n) is 13.9. The van der Waals surface area contributed by atoms with E-state index >= 15 is 0 Å². The first-order valence-electron chi connectivity index (χ1n) is 8.20. The van der Waals surface area contributed by atoms with Gasteiger partial charge < -0.3 is 10.2 Å². The van der Waals surface area contributed by atoms with Crippen molar-refractivity contribution in [3.05, 3.63) is 60.2 Å². The number of hydrogen-bond donors (Lipinski definition) is 3. The van der Waals surface area contributed by atoms with E-state index < -0.39 is 0 Å². The van der Waals surface area contributed by atoms with Crippen LogP contribution in [-0.4, -0.2) is 16.8 Å². The lowest BCUT2D eigenvalue weighted by Gasteiger charge is -2.07. The maximum absolute atomic E-state index is 10.6. The van der Waals surface area contributed by atoms with E-state index in [4.69, 9.17) is 0 Å². The Morgan fingerprint density at radius 3 is 2.40 bits per heavy atom. The molecule has 25 heavy (non-hydrogen) atoms. The number of fused-ring (bicyclic) bond motifs is 3. The number of aliphatic hydroxyl groups is 1. The fraction of sp³-hybridized carbons (Fsp3) is 0.150. The second kappa shape index (κ2) is 6.35. The number of aromatic hydroxyl groups is 1. The summed E-state index contributed by atoms with van der Waals surface area (Å²) in [5.74, 6) is 0.326. The lowest BCUT2D eigenvalue weighted by atomic mass is 10.0. The molecule has 0 fully saturated rings. The van der Waals surface area contributed by atoms with Gasteiger partial charge in [-0.15, -0.1) is 0 Å². The van der Waals surface area contributed by atoms with E-state index in [0.29, 0.717) is 12.3 Å². The normalized spacial score (nSPS) is 11.3. The molecule has 4 nitrogen and oxygen atoms in total. The third-order valence-corrected chi connectivity index (χ3v) is 5.63. The average Bonchev–Trinajstić information content (AvgIpc) is 2.99. The number of hydrogen-bond acceptors (Lipinski definition) is 4. The number of aryl methyl sites for hydroxylation is 1. The molecule has 0 aliphatic carbocycles. The topological polar surface area (TPSA) is 56.4 Å². The number of rotatable bonds is 4. The van der Waals surface area contributed by atoms with E-state index in [0.717, 1.165) is 37.4 Å². The number of nitrogens with zero attached hydrogens (tertiary/aromatic N) is 1. The number of aliphatic hydroxyl groups excluding tert-OH is 1. The number of nitrogens with one attached hydrogen (secondary N) is 1. The molecule has 0 saturated carbocycles. The Morgan fingerprint density at radius 1 is 1.00 bits per heavy atom. The molecule has 3 aromatic carbocycles. The number of thiazole rings is 1. The van der Waals surface area contributed by atoms with Gasteiger partial charge in [-0.25, -0.2) is 9.88 Å².